The third-order valence-corrected chi connectivity index (χ3v) is 5.43. The van der Waals surface area contributed by atoms with Crippen molar-refractivity contribution >= 4 is 17.9 Å². The molecule has 0 atom stereocenters. The van der Waals surface area contributed by atoms with Crippen LogP contribution in [0.5, 0.6) is 5.75 Å². The molecule has 0 radical (unpaired) electrons. The highest BCUT2D eigenvalue weighted by Crippen LogP contribution is 2.44. The summed E-state index contributed by atoms with van der Waals surface area (Å²) in [7, 11) is 0. The van der Waals surface area contributed by atoms with Gasteiger partial charge in [0.1, 0.15) is 6.61 Å². The number of nitro groups is 1. The summed E-state index contributed by atoms with van der Waals surface area (Å²) < 4.78 is 5.48. The van der Waals surface area contributed by atoms with Crippen molar-refractivity contribution in [3.8, 4) is 16.9 Å². The zero-order valence-corrected chi connectivity index (χ0v) is 17.2. The van der Waals surface area contributed by atoms with Crippen molar-refractivity contribution < 1.29 is 19.6 Å². The summed E-state index contributed by atoms with van der Waals surface area (Å²) in [6.07, 6.45) is 3.60. The van der Waals surface area contributed by atoms with Crippen molar-refractivity contribution in [1.29, 1.82) is 0 Å². The molecule has 2 N–H and O–H groups in total. The van der Waals surface area contributed by atoms with Crippen molar-refractivity contribution in [1.82, 2.24) is 5.32 Å². The number of nitro benzene ring substituents is 1. The summed E-state index contributed by atoms with van der Waals surface area (Å²) in [5.41, 5.74) is 4.99. The molecule has 0 saturated carbocycles. The van der Waals surface area contributed by atoms with Crippen LogP contribution in [0.3, 0.4) is 0 Å². The summed E-state index contributed by atoms with van der Waals surface area (Å²) in [6, 6.07) is 20.5. The number of amides is 1. The molecule has 0 bridgehead atoms. The zero-order chi connectivity index (χ0) is 22.5. The van der Waals surface area contributed by atoms with Gasteiger partial charge in [0.15, 0.2) is 5.75 Å². The van der Waals surface area contributed by atoms with Gasteiger partial charge >= 0.3 is 11.8 Å². The maximum atomic E-state index is 12.1. The monoisotopic (exact) mass is 430 g/mol. The number of hydrogen-bond donors (Lipinski definition) is 2. The van der Waals surface area contributed by atoms with Gasteiger partial charge in [-0.3, -0.25) is 10.1 Å². The highest BCUT2D eigenvalue weighted by molar-refractivity contribution is 5.79. The summed E-state index contributed by atoms with van der Waals surface area (Å²) in [5, 5.41) is 23.1. The fraction of sp³-hybridized carbons (Fsp3) is 0.160. The van der Waals surface area contributed by atoms with Crippen molar-refractivity contribution in [2.75, 3.05) is 13.2 Å². The minimum absolute atomic E-state index is 0.0165. The third-order valence-electron chi connectivity index (χ3n) is 5.43. The number of carbonyl (C=O) groups excluding carboxylic acids is 1. The number of nitrogens with one attached hydrogen (secondary N) is 1. The zero-order valence-electron chi connectivity index (χ0n) is 17.2. The van der Waals surface area contributed by atoms with E-state index in [0.29, 0.717) is 18.5 Å². The first-order chi connectivity index (χ1) is 15.5. The summed E-state index contributed by atoms with van der Waals surface area (Å²) in [5.74, 6) is -0.364. The largest absolute Gasteiger partial charge is 0.502 e. The molecule has 3 aromatic carbocycles. The Balaban J connectivity index is 1.26. The van der Waals surface area contributed by atoms with E-state index in [4.69, 9.17) is 4.74 Å². The third kappa shape index (κ3) is 4.46. The molecule has 0 unspecified atom stereocenters. The van der Waals surface area contributed by atoms with Gasteiger partial charge in [-0.1, -0.05) is 60.7 Å². The van der Waals surface area contributed by atoms with E-state index in [9.17, 15) is 20.0 Å². The average molecular weight is 430 g/mol. The Morgan fingerprint density at radius 2 is 1.72 bits per heavy atom. The second-order valence-corrected chi connectivity index (χ2v) is 7.45. The molecule has 0 heterocycles. The van der Waals surface area contributed by atoms with Gasteiger partial charge in [-0.05, 0) is 46.4 Å². The predicted octanol–water partition coefficient (Wildman–Crippen LogP) is 5.24. The summed E-state index contributed by atoms with van der Waals surface area (Å²) >= 11 is 0. The lowest BCUT2D eigenvalue weighted by Gasteiger charge is -2.14. The van der Waals surface area contributed by atoms with Crippen molar-refractivity contribution in [3.63, 3.8) is 0 Å². The van der Waals surface area contributed by atoms with E-state index >= 15 is 0 Å². The van der Waals surface area contributed by atoms with Crippen LogP contribution in [0.15, 0.2) is 72.8 Å². The lowest BCUT2D eigenvalue weighted by molar-refractivity contribution is -0.385. The SMILES string of the molecule is O=C(NCCC=Cc1ccc([N+](=O)[O-])c(O)c1)OCC1c2ccccc2-c2ccccc21. The van der Waals surface area contributed by atoms with Crippen LogP contribution in [0.1, 0.15) is 29.0 Å². The maximum absolute atomic E-state index is 12.1. The quantitative estimate of drug-likeness (QED) is 0.303. The number of phenolic OH excluding ortho intramolecular Hbond substituents is 1. The number of hydrogen-bond acceptors (Lipinski definition) is 5. The molecule has 0 fully saturated rings. The second kappa shape index (κ2) is 9.34. The van der Waals surface area contributed by atoms with Crippen LogP contribution >= 0.6 is 0 Å². The number of carbonyl (C=O) groups is 1. The molecule has 0 aliphatic heterocycles. The molecule has 7 nitrogen and oxygen atoms in total. The van der Waals surface area contributed by atoms with Gasteiger partial charge in [-0.15, -0.1) is 0 Å². The van der Waals surface area contributed by atoms with Crippen LogP contribution in [0, 0.1) is 10.1 Å². The minimum atomic E-state index is -0.638. The number of benzene rings is 3. The molecule has 1 aliphatic rings. The molecule has 3 aromatic rings. The van der Waals surface area contributed by atoms with E-state index in [-0.39, 0.29) is 24.0 Å². The Hall–Kier alpha value is -4.13. The molecular formula is C25H22N2O5. The smallest absolute Gasteiger partial charge is 0.407 e. The maximum Gasteiger partial charge on any atom is 0.407 e. The van der Waals surface area contributed by atoms with Crippen molar-refractivity contribution in [2.45, 2.75) is 12.3 Å². The van der Waals surface area contributed by atoms with E-state index in [0.717, 1.165) is 11.1 Å². The van der Waals surface area contributed by atoms with E-state index < -0.39 is 11.0 Å². The normalized spacial score (nSPS) is 12.4. The van der Waals surface area contributed by atoms with Crippen LogP contribution in [-0.2, 0) is 4.74 Å². The topological polar surface area (TPSA) is 102 Å². The van der Waals surface area contributed by atoms with Crippen LogP contribution in [0.2, 0.25) is 0 Å². The van der Waals surface area contributed by atoms with E-state index in [1.807, 2.05) is 30.3 Å². The van der Waals surface area contributed by atoms with Gasteiger partial charge in [0.05, 0.1) is 4.92 Å². The molecule has 1 aliphatic carbocycles. The Bertz CT molecular complexity index is 1140. The number of rotatable bonds is 7. The predicted molar refractivity (Wildman–Crippen MR) is 121 cm³/mol. The summed E-state index contributed by atoms with van der Waals surface area (Å²) in [4.78, 5) is 22.2. The molecule has 0 aromatic heterocycles. The number of nitrogens with zero attached hydrogens (tertiary/aromatic N) is 1. The Morgan fingerprint density at radius 1 is 1.06 bits per heavy atom. The molecule has 32 heavy (non-hydrogen) atoms. The number of phenols is 1. The molecule has 0 spiro atoms. The Morgan fingerprint density at radius 3 is 2.34 bits per heavy atom. The molecule has 0 saturated heterocycles. The van der Waals surface area contributed by atoms with Crippen molar-refractivity contribution in [2.24, 2.45) is 0 Å². The first kappa shape index (κ1) is 21.1. The Kier molecular flexibility index (Phi) is 6.17. The number of alkyl carbamates (subject to hydrolysis) is 1. The van der Waals surface area contributed by atoms with E-state index in [1.165, 1.54) is 23.3 Å². The van der Waals surface area contributed by atoms with Gasteiger partial charge in [-0.25, -0.2) is 4.79 Å². The van der Waals surface area contributed by atoms with Crippen LogP contribution in [-0.4, -0.2) is 29.3 Å². The fourth-order valence-electron chi connectivity index (χ4n) is 3.92. The van der Waals surface area contributed by atoms with Crippen molar-refractivity contribution in [3.05, 3.63) is 99.6 Å². The average Bonchev–Trinajstić information content (AvgIpc) is 3.11. The lowest BCUT2D eigenvalue weighted by atomic mass is 9.98. The van der Waals surface area contributed by atoms with Gasteiger partial charge in [0, 0.05) is 18.5 Å². The van der Waals surface area contributed by atoms with Gasteiger partial charge in [0.25, 0.3) is 0 Å². The number of ether oxygens (including phenoxy) is 1. The van der Waals surface area contributed by atoms with Crippen LogP contribution < -0.4 is 5.32 Å². The molecule has 4 rings (SSSR count). The second-order valence-electron chi connectivity index (χ2n) is 7.45. The van der Waals surface area contributed by atoms with Gasteiger partial charge in [-0.2, -0.15) is 0 Å². The first-order valence-electron chi connectivity index (χ1n) is 10.3. The van der Waals surface area contributed by atoms with Gasteiger partial charge in [0.2, 0.25) is 0 Å². The highest BCUT2D eigenvalue weighted by atomic mass is 16.6. The molecular weight excluding hydrogens is 408 g/mol. The number of fused-ring (bicyclic) bond motifs is 3. The molecule has 7 heteroatoms. The molecule has 1 amide bonds. The molecule has 162 valence electrons. The standard InChI is InChI=1S/C25H22N2O5/c28-24-15-17(12-13-23(24)27(30)31)7-5-6-14-26-25(29)32-16-22-20-10-3-1-8-18(20)19-9-2-4-11-21(19)22/h1-5,7-13,15,22,28H,6,14,16H2,(H,26,29). The minimum Gasteiger partial charge on any atom is -0.502 e. The van der Waals surface area contributed by atoms with Gasteiger partial charge < -0.3 is 15.2 Å². The van der Waals surface area contributed by atoms with Crippen LogP contribution in [0.25, 0.3) is 17.2 Å². The summed E-state index contributed by atoms with van der Waals surface area (Å²) in [6.45, 7) is 0.643. The lowest BCUT2D eigenvalue weighted by Crippen LogP contribution is -2.26. The van der Waals surface area contributed by atoms with E-state index in [1.54, 1.807) is 12.1 Å². The first-order valence-corrected chi connectivity index (χ1v) is 10.3. The van der Waals surface area contributed by atoms with Crippen LogP contribution in [0.4, 0.5) is 10.5 Å². The van der Waals surface area contributed by atoms with E-state index in [2.05, 4.69) is 29.6 Å². The fourth-order valence-corrected chi connectivity index (χ4v) is 3.92. The highest BCUT2D eigenvalue weighted by Gasteiger charge is 2.28. The number of aromatic hydroxyl groups is 1. The Labute approximate surface area is 185 Å².